The minimum atomic E-state index is -0.334. The zero-order chi connectivity index (χ0) is 9.68. The molecule has 1 aromatic rings. The van der Waals surface area contributed by atoms with E-state index in [1.165, 1.54) is 6.29 Å². The number of hydrogen-bond acceptors (Lipinski definition) is 2. The van der Waals surface area contributed by atoms with Crippen molar-refractivity contribution in [3.63, 3.8) is 0 Å². The fraction of sp³-hybridized carbons (Fsp3) is 0.200. The standard InChI is InChI=1S/C10H10NO2/c1-8-2-4-9(5-3-8)11-10(13)6-7-12/h2-5H,6H2,1H3,(H,11,13). The summed E-state index contributed by atoms with van der Waals surface area (Å²) in [5, 5.41) is 2.57. The number of carbonyl (C=O) groups is 1. The van der Waals surface area contributed by atoms with Crippen LogP contribution in [0.1, 0.15) is 12.0 Å². The molecule has 0 aliphatic rings. The molecule has 0 bridgehead atoms. The maximum absolute atomic E-state index is 10.9. The van der Waals surface area contributed by atoms with Crippen LogP contribution in [0.15, 0.2) is 24.3 Å². The number of rotatable bonds is 3. The molecule has 1 N–H and O–H groups in total. The lowest BCUT2D eigenvalue weighted by Crippen LogP contribution is -2.11. The summed E-state index contributed by atoms with van der Waals surface area (Å²) in [4.78, 5) is 20.8. The first-order chi connectivity index (χ1) is 6.22. The summed E-state index contributed by atoms with van der Waals surface area (Å²) in [7, 11) is 0. The molecule has 0 atom stereocenters. The van der Waals surface area contributed by atoms with Crippen LogP contribution >= 0.6 is 0 Å². The van der Waals surface area contributed by atoms with Crippen molar-refractivity contribution in [1.82, 2.24) is 0 Å². The first-order valence-electron chi connectivity index (χ1n) is 3.94. The van der Waals surface area contributed by atoms with Gasteiger partial charge in [0.15, 0.2) is 0 Å². The topological polar surface area (TPSA) is 46.2 Å². The Hall–Kier alpha value is -1.64. The Morgan fingerprint density at radius 3 is 2.54 bits per heavy atom. The lowest BCUT2D eigenvalue weighted by atomic mass is 10.2. The van der Waals surface area contributed by atoms with E-state index in [-0.39, 0.29) is 12.3 Å². The predicted octanol–water partition coefficient (Wildman–Crippen LogP) is 1.43. The number of anilines is 1. The highest BCUT2D eigenvalue weighted by Crippen LogP contribution is 2.08. The Kier molecular flexibility index (Phi) is 3.20. The molecule has 0 unspecified atom stereocenters. The van der Waals surface area contributed by atoms with Crippen molar-refractivity contribution in [2.45, 2.75) is 13.3 Å². The highest BCUT2D eigenvalue weighted by molar-refractivity contribution is 5.98. The third-order valence-corrected chi connectivity index (χ3v) is 1.57. The second-order valence-corrected chi connectivity index (χ2v) is 2.74. The fourth-order valence-corrected chi connectivity index (χ4v) is 0.908. The molecular formula is C10H10NO2. The van der Waals surface area contributed by atoms with Gasteiger partial charge in [-0.3, -0.25) is 9.59 Å². The van der Waals surface area contributed by atoms with E-state index in [0.717, 1.165) is 5.56 Å². The molecular weight excluding hydrogens is 166 g/mol. The molecule has 1 rings (SSSR count). The number of carbonyl (C=O) groups excluding carboxylic acids is 2. The summed E-state index contributed by atoms with van der Waals surface area (Å²) in [5.41, 5.74) is 1.82. The van der Waals surface area contributed by atoms with Crippen LogP contribution in [-0.4, -0.2) is 12.2 Å². The van der Waals surface area contributed by atoms with Gasteiger partial charge in [0.2, 0.25) is 12.2 Å². The monoisotopic (exact) mass is 176 g/mol. The number of aryl methyl sites for hydroxylation is 1. The van der Waals surface area contributed by atoms with E-state index < -0.39 is 0 Å². The molecule has 1 radical (unpaired) electrons. The Morgan fingerprint density at radius 2 is 2.00 bits per heavy atom. The van der Waals surface area contributed by atoms with Gasteiger partial charge in [-0.1, -0.05) is 17.7 Å². The number of hydrogen-bond donors (Lipinski definition) is 1. The van der Waals surface area contributed by atoms with Gasteiger partial charge < -0.3 is 5.32 Å². The zero-order valence-corrected chi connectivity index (χ0v) is 7.33. The zero-order valence-electron chi connectivity index (χ0n) is 7.33. The second-order valence-electron chi connectivity index (χ2n) is 2.74. The van der Waals surface area contributed by atoms with Gasteiger partial charge in [-0.2, -0.15) is 0 Å². The summed E-state index contributed by atoms with van der Waals surface area (Å²) >= 11 is 0. The van der Waals surface area contributed by atoms with Crippen molar-refractivity contribution in [1.29, 1.82) is 0 Å². The molecule has 1 aromatic carbocycles. The summed E-state index contributed by atoms with van der Waals surface area (Å²) in [6.07, 6.45) is 1.32. The maximum Gasteiger partial charge on any atom is 0.232 e. The lowest BCUT2D eigenvalue weighted by molar-refractivity contribution is -0.115. The fourth-order valence-electron chi connectivity index (χ4n) is 0.908. The van der Waals surface area contributed by atoms with E-state index in [9.17, 15) is 9.59 Å². The SMILES string of the molecule is Cc1ccc(NC(=O)C[C]=O)cc1. The highest BCUT2D eigenvalue weighted by atomic mass is 16.2. The van der Waals surface area contributed by atoms with E-state index in [2.05, 4.69) is 5.32 Å². The number of benzene rings is 1. The highest BCUT2D eigenvalue weighted by Gasteiger charge is 2.00. The summed E-state index contributed by atoms with van der Waals surface area (Å²) in [6, 6.07) is 7.36. The van der Waals surface area contributed by atoms with Gasteiger partial charge in [-0.05, 0) is 19.1 Å². The van der Waals surface area contributed by atoms with Crippen molar-refractivity contribution < 1.29 is 9.59 Å². The Balaban J connectivity index is 2.59. The third-order valence-electron chi connectivity index (χ3n) is 1.57. The average Bonchev–Trinajstić information content (AvgIpc) is 2.09. The molecule has 0 aliphatic heterocycles. The Morgan fingerprint density at radius 1 is 1.38 bits per heavy atom. The molecule has 0 saturated carbocycles. The summed E-state index contributed by atoms with van der Waals surface area (Å²) in [5.74, 6) is -0.334. The van der Waals surface area contributed by atoms with Crippen LogP contribution in [-0.2, 0) is 9.59 Å². The van der Waals surface area contributed by atoms with Crippen molar-refractivity contribution in [2.75, 3.05) is 5.32 Å². The van der Waals surface area contributed by atoms with E-state index in [1.807, 2.05) is 19.1 Å². The van der Waals surface area contributed by atoms with Gasteiger partial charge in [0.25, 0.3) is 0 Å². The smallest absolute Gasteiger partial charge is 0.232 e. The summed E-state index contributed by atoms with van der Waals surface area (Å²) < 4.78 is 0. The van der Waals surface area contributed by atoms with Gasteiger partial charge in [-0.15, -0.1) is 0 Å². The van der Waals surface area contributed by atoms with Crippen LogP contribution in [0.2, 0.25) is 0 Å². The van der Waals surface area contributed by atoms with E-state index in [1.54, 1.807) is 12.1 Å². The quantitative estimate of drug-likeness (QED) is 0.708. The van der Waals surface area contributed by atoms with E-state index >= 15 is 0 Å². The molecule has 13 heavy (non-hydrogen) atoms. The van der Waals surface area contributed by atoms with Crippen LogP contribution in [0.5, 0.6) is 0 Å². The van der Waals surface area contributed by atoms with Crippen molar-refractivity contribution in [3.8, 4) is 0 Å². The number of nitrogens with one attached hydrogen (secondary N) is 1. The molecule has 0 fully saturated rings. The van der Waals surface area contributed by atoms with Gasteiger partial charge in [0.05, 0.1) is 6.42 Å². The van der Waals surface area contributed by atoms with Crippen molar-refractivity contribution in [3.05, 3.63) is 29.8 Å². The first-order valence-corrected chi connectivity index (χ1v) is 3.94. The Bertz CT molecular complexity index is 303. The van der Waals surface area contributed by atoms with Gasteiger partial charge in [-0.25, -0.2) is 0 Å². The molecule has 0 spiro atoms. The molecule has 3 heteroatoms. The third kappa shape index (κ3) is 3.07. The normalized spacial score (nSPS) is 9.31. The minimum Gasteiger partial charge on any atom is -0.326 e. The predicted molar refractivity (Wildman–Crippen MR) is 50.1 cm³/mol. The van der Waals surface area contributed by atoms with Crippen molar-refractivity contribution >= 4 is 17.9 Å². The van der Waals surface area contributed by atoms with Crippen LogP contribution in [0.4, 0.5) is 5.69 Å². The molecule has 0 aliphatic carbocycles. The van der Waals surface area contributed by atoms with E-state index in [0.29, 0.717) is 5.69 Å². The van der Waals surface area contributed by atoms with Crippen LogP contribution in [0.3, 0.4) is 0 Å². The first kappa shape index (κ1) is 9.45. The lowest BCUT2D eigenvalue weighted by Gasteiger charge is -2.02. The molecule has 0 aromatic heterocycles. The molecule has 3 nitrogen and oxygen atoms in total. The van der Waals surface area contributed by atoms with Crippen LogP contribution in [0, 0.1) is 6.92 Å². The Labute approximate surface area is 76.8 Å². The van der Waals surface area contributed by atoms with Gasteiger partial charge in [0.1, 0.15) is 0 Å². The van der Waals surface area contributed by atoms with Crippen molar-refractivity contribution in [2.24, 2.45) is 0 Å². The van der Waals surface area contributed by atoms with E-state index in [4.69, 9.17) is 0 Å². The molecule has 1 amide bonds. The molecule has 0 heterocycles. The van der Waals surface area contributed by atoms with Gasteiger partial charge in [0, 0.05) is 5.69 Å². The maximum atomic E-state index is 10.9. The molecule has 67 valence electrons. The molecule has 0 saturated heterocycles. The van der Waals surface area contributed by atoms with Gasteiger partial charge >= 0.3 is 0 Å². The minimum absolute atomic E-state index is 0.214. The second kappa shape index (κ2) is 4.40. The van der Waals surface area contributed by atoms with Crippen LogP contribution in [0.25, 0.3) is 0 Å². The summed E-state index contributed by atoms with van der Waals surface area (Å²) in [6.45, 7) is 1.96. The number of amides is 1. The van der Waals surface area contributed by atoms with Crippen LogP contribution < -0.4 is 5.32 Å². The largest absolute Gasteiger partial charge is 0.326 e. The average molecular weight is 176 g/mol.